The highest BCUT2D eigenvalue weighted by atomic mass is 16.4. The second-order valence-corrected chi connectivity index (χ2v) is 3.50. The lowest BCUT2D eigenvalue weighted by molar-refractivity contribution is -0.138. The highest BCUT2D eigenvalue weighted by Gasteiger charge is 2.07. The predicted molar refractivity (Wildman–Crippen MR) is 62.7 cm³/mol. The minimum atomic E-state index is -1.03. The number of likely N-dealkylation sites (N-methyl/N-ethyl adjacent to an activating group) is 1. The van der Waals surface area contributed by atoms with Gasteiger partial charge in [0.25, 0.3) is 0 Å². The van der Waals surface area contributed by atoms with E-state index >= 15 is 0 Å². The first-order chi connectivity index (χ1) is 8.47. The number of amides is 2. The number of carbonyl (C=O) groups excluding carboxylic acids is 3. The molecule has 18 heavy (non-hydrogen) atoms. The van der Waals surface area contributed by atoms with Crippen molar-refractivity contribution in [1.29, 1.82) is 0 Å². The van der Waals surface area contributed by atoms with Crippen LogP contribution in [0.15, 0.2) is 12.2 Å². The van der Waals surface area contributed by atoms with Gasteiger partial charge in [-0.3, -0.25) is 19.2 Å². The van der Waals surface area contributed by atoms with Gasteiger partial charge in [0.05, 0.1) is 6.42 Å². The number of carboxylic acid groups (broad SMARTS) is 1. The Morgan fingerprint density at radius 2 is 1.94 bits per heavy atom. The van der Waals surface area contributed by atoms with E-state index in [0.717, 1.165) is 12.2 Å². The average Bonchev–Trinajstić information content (AvgIpc) is 2.33. The van der Waals surface area contributed by atoms with Gasteiger partial charge in [0, 0.05) is 32.6 Å². The van der Waals surface area contributed by atoms with Crippen LogP contribution in [0.25, 0.3) is 0 Å². The van der Waals surface area contributed by atoms with Gasteiger partial charge < -0.3 is 15.3 Å². The Morgan fingerprint density at radius 1 is 1.28 bits per heavy atom. The normalized spacial score (nSPS) is 10.1. The van der Waals surface area contributed by atoms with Gasteiger partial charge in [-0.25, -0.2) is 0 Å². The molecule has 0 aromatic heterocycles. The van der Waals surface area contributed by atoms with E-state index in [-0.39, 0.29) is 37.7 Å². The monoisotopic (exact) mass is 256 g/mol. The van der Waals surface area contributed by atoms with Crippen molar-refractivity contribution in [3.05, 3.63) is 12.2 Å². The molecule has 0 aromatic carbocycles. The van der Waals surface area contributed by atoms with Gasteiger partial charge in [-0.05, 0) is 6.08 Å². The van der Waals surface area contributed by atoms with E-state index < -0.39 is 5.97 Å². The van der Waals surface area contributed by atoms with Crippen molar-refractivity contribution in [3.63, 3.8) is 0 Å². The number of rotatable bonds is 8. The minimum Gasteiger partial charge on any atom is -0.481 e. The maximum Gasteiger partial charge on any atom is 0.303 e. The second kappa shape index (κ2) is 8.91. The topological polar surface area (TPSA) is 104 Å². The van der Waals surface area contributed by atoms with E-state index in [9.17, 15) is 19.2 Å². The Balaban J connectivity index is 3.79. The van der Waals surface area contributed by atoms with Crippen LogP contribution in [0, 0.1) is 0 Å². The maximum absolute atomic E-state index is 11.3. The standard InChI is InChI=1S/C11H16N2O5/c1-13(10(16)3-2-8-14)7-6-12-9(15)4-5-11(17)18/h2-3,8H,4-7H2,1H3,(H,12,15)(H,17,18)/b3-2-. The highest BCUT2D eigenvalue weighted by molar-refractivity contribution is 5.90. The molecule has 0 aliphatic rings. The third-order valence-electron chi connectivity index (χ3n) is 2.03. The van der Waals surface area contributed by atoms with E-state index in [1.165, 1.54) is 11.9 Å². The van der Waals surface area contributed by atoms with Crippen LogP contribution >= 0.6 is 0 Å². The summed E-state index contributed by atoms with van der Waals surface area (Å²) < 4.78 is 0. The fraction of sp³-hybridized carbons (Fsp3) is 0.455. The molecule has 100 valence electrons. The van der Waals surface area contributed by atoms with Crippen LogP contribution in [-0.4, -0.2) is 54.2 Å². The van der Waals surface area contributed by atoms with Crippen molar-refractivity contribution >= 4 is 24.1 Å². The number of allylic oxidation sites excluding steroid dienone is 1. The van der Waals surface area contributed by atoms with Gasteiger partial charge >= 0.3 is 5.97 Å². The molecule has 0 aliphatic carbocycles. The molecule has 0 fully saturated rings. The van der Waals surface area contributed by atoms with E-state index in [2.05, 4.69) is 5.32 Å². The fourth-order valence-corrected chi connectivity index (χ4v) is 1.03. The number of hydrogen-bond acceptors (Lipinski definition) is 4. The Morgan fingerprint density at radius 3 is 2.50 bits per heavy atom. The van der Waals surface area contributed by atoms with Crippen LogP contribution in [0.2, 0.25) is 0 Å². The third-order valence-corrected chi connectivity index (χ3v) is 2.03. The maximum atomic E-state index is 11.3. The Bertz CT molecular complexity index is 351. The fourth-order valence-electron chi connectivity index (χ4n) is 1.03. The van der Waals surface area contributed by atoms with Gasteiger partial charge in [-0.2, -0.15) is 0 Å². The largest absolute Gasteiger partial charge is 0.481 e. The summed E-state index contributed by atoms with van der Waals surface area (Å²) in [6, 6.07) is 0. The number of carbonyl (C=O) groups is 4. The second-order valence-electron chi connectivity index (χ2n) is 3.50. The lowest BCUT2D eigenvalue weighted by atomic mass is 10.3. The van der Waals surface area contributed by atoms with Gasteiger partial charge in [0.1, 0.15) is 6.29 Å². The summed E-state index contributed by atoms with van der Waals surface area (Å²) in [5.41, 5.74) is 0. The average molecular weight is 256 g/mol. The number of aliphatic carboxylic acids is 1. The number of aldehydes is 1. The molecule has 0 atom stereocenters. The lowest BCUT2D eigenvalue weighted by Gasteiger charge is -2.15. The van der Waals surface area contributed by atoms with Crippen molar-refractivity contribution in [1.82, 2.24) is 10.2 Å². The first-order valence-electron chi connectivity index (χ1n) is 5.32. The van der Waals surface area contributed by atoms with Crippen LogP contribution in [-0.2, 0) is 19.2 Å². The molecule has 0 saturated carbocycles. The molecule has 7 nitrogen and oxygen atoms in total. The summed E-state index contributed by atoms with van der Waals surface area (Å²) in [6.45, 7) is 0.510. The van der Waals surface area contributed by atoms with Gasteiger partial charge in [0.15, 0.2) is 0 Å². The van der Waals surface area contributed by atoms with Crippen molar-refractivity contribution < 1.29 is 24.3 Å². The summed E-state index contributed by atoms with van der Waals surface area (Å²) in [5.74, 6) is -1.75. The summed E-state index contributed by atoms with van der Waals surface area (Å²) >= 11 is 0. The van der Waals surface area contributed by atoms with Crippen LogP contribution in [0.3, 0.4) is 0 Å². The molecular formula is C11H16N2O5. The molecule has 0 heterocycles. The predicted octanol–water partition coefficient (Wildman–Crippen LogP) is -0.819. The Labute approximate surface area is 104 Å². The van der Waals surface area contributed by atoms with E-state index in [1.807, 2.05) is 0 Å². The quantitative estimate of drug-likeness (QED) is 0.436. The first kappa shape index (κ1) is 15.8. The Hall–Kier alpha value is -2.18. The molecule has 7 heteroatoms. The number of nitrogens with one attached hydrogen (secondary N) is 1. The van der Waals surface area contributed by atoms with E-state index in [1.54, 1.807) is 0 Å². The molecule has 0 bridgehead atoms. The van der Waals surface area contributed by atoms with Crippen LogP contribution in [0.5, 0.6) is 0 Å². The number of hydrogen-bond donors (Lipinski definition) is 2. The molecular weight excluding hydrogens is 240 g/mol. The number of carboxylic acids is 1. The number of nitrogens with zero attached hydrogens (tertiary/aromatic N) is 1. The molecule has 2 N–H and O–H groups in total. The zero-order valence-corrected chi connectivity index (χ0v) is 10.1. The van der Waals surface area contributed by atoms with Crippen molar-refractivity contribution in [2.45, 2.75) is 12.8 Å². The third kappa shape index (κ3) is 8.03. The van der Waals surface area contributed by atoms with Crippen LogP contribution < -0.4 is 5.32 Å². The van der Waals surface area contributed by atoms with Gasteiger partial charge in [-0.15, -0.1) is 0 Å². The zero-order valence-electron chi connectivity index (χ0n) is 10.1. The van der Waals surface area contributed by atoms with Crippen molar-refractivity contribution in [2.24, 2.45) is 0 Å². The van der Waals surface area contributed by atoms with Crippen molar-refractivity contribution in [3.8, 4) is 0 Å². The van der Waals surface area contributed by atoms with Gasteiger partial charge in [-0.1, -0.05) is 0 Å². The van der Waals surface area contributed by atoms with Crippen LogP contribution in [0.4, 0.5) is 0 Å². The SMILES string of the molecule is CN(CCNC(=O)CCC(=O)O)C(=O)/C=C\C=O. The lowest BCUT2D eigenvalue weighted by Crippen LogP contribution is -2.35. The van der Waals surface area contributed by atoms with Crippen LogP contribution in [0.1, 0.15) is 12.8 Å². The zero-order chi connectivity index (χ0) is 14.0. The van der Waals surface area contributed by atoms with E-state index in [4.69, 9.17) is 5.11 Å². The molecule has 0 unspecified atom stereocenters. The highest BCUT2D eigenvalue weighted by Crippen LogP contribution is 1.89. The molecule has 0 saturated heterocycles. The summed E-state index contributed by atoms with van der Waals surface area (Å²) in [6.07, 6.45) is 2.41. The molecule has 0 spiro atoms. The summed E-state index contributed by atoms with van der Waals surface area (Å²) in [4.78, 5) is 44.0. The van der Waals surface area contributed by atoms with E-state index in [0.29, 0.717) is 6.29 Å². The minimum absolute atomic E-state index is 0.0853. The van der Waals surface area contributed by atoms with Gasteiger partial charge in [0.2, 0.25) is 11.8 Å². The summed E-state index contributed by atoms with van der Waals surface area (Å²) in [7, 11) is 1.53. The molecule has 0 aliphatic heterocycles. The molecule has 0 aromatic rings. The molecule has 2 amide bonds. The molecule has 0 radical (unpaired) electrons. The molecule has 0 rings (SSSR count). The summed E-state index contributed by atoms with van der Waals surface area (Å²) in [5, 5.41) is 10.9. The Kier molecular flexibility index (Phi) is 7.83. The van der Waals surface area contributed by atoms with Crippen molar-refractivity contribution in [2.75, 3.05) is 20.1 Å². The first-order valence-corrected chi connectivity index (χ1v) is 5.32. The smallest absolute Gasteiger partial charge is 0.303 e.